The Morgan fingerprint density at radius 3 is 2.56 bits per heavy atom. The van der Waals surface area contributed by atoms with Gasteiger partial charge in [-0.15, -0.1) is 0 Å². The highest BCUT2D eigenvalue weighted by atomic mass is 19.1. The van der Waals surface area contributed by atoms with Gasteiger partial charge in [0, 0.05) is 11.9 Å². The lowest BCUT2D eigenvalue weighted by atomic mass is 10.2. The molecule has 0 unspecified atom stereocenters. The molecule has 1 N–H and O–H groups in total. The van der Waals surface area contributed by atoms with Crippen molar-refractivity contribution in [3.8, 4) is 5.69 Å². The maximum atomic E-state index is 13.6. The molecule has 5 heteroatoms. The Kier molecular flexibility index (Phi) is 3.60. The van der Waals surface area contributed by atoms with Crippen molar-refractivity contribution in [3.63, 3.8) is 0 Å². The van der Waals surface area contributed by atoms with Crippen molar-refractivity contribution >= 4 is 0 Å². The van der Waals surface area contributed by atoms with Gasteiger partial charge in [-0.2, -0.15) is 0 Å². The predicted molar refractivity (Wildman–Crippen MR) is 64.9 cm³/mol. The molecular weight excluding hydrogens is 238 g/mol. The third-order valence-corrected chi connectivity index (χ3v) is 2.75. The number of hydrogen-bond donors (Lipinski definition) is 1. The van der Waals surface area contributed by atoms with Gasteiger partial charge in [-0.25, -0.2) is 13.6 Å². The molecule has 0 fully saturated rings. The second kappa shape index (κ2) is 5.16. The molecule has 0 atom stereocenters. The molecule has 2 rings (SSSR count). The molecule has 0 saturated heterocycles. The summed E-state index contributed by atoms with van der Waals surface area (Å²) in [5.41, 5.74) is -0.170. The smallest absolute Gasteiger partial charge is 0.310 e. The highest BCUT2D eigenvalue weighted by Crippen LogP contribution is 2.16. The summed E-state index contributed by atoms with van der Waals surface area (Å²) in [7, 11) is 0. The van der Waals surface area contributed by atoms with Crippen LogP contribution in [0, 0.1) is 11.6 Å². The quantitative estimate of drug-likeness (QED) is 0.892. The van der Waals surface area contributed by atoms with Crippen molar-refractivity contribution < 1.29 is 8.78 Å². The minimum atomic E-state index is -0.752. The Balaban J connectivity index is 2.45. The largest absolute Gasteiger partial charge is 0.330 e. The average molecular weight is 252 g/mol. The first-order valence-corrected chi connectivity index (χ1v) is 5.88. The monoisotopic (exact) mass is 252 g/mol. The molecule has 1 aromatic heterocycles. The number of H-pyrrole nitrogens is 1. The van der Waals surface area contributed by atoms with Crippen molar-refractivity contribution in [1.82, 2.24) is 9.55 Å². The number of hydrogen-bond acceptors (Lipinski definition) is 1. The molecule has 96 valence electrons. The molecule has 1 heterocycles. The Morgan fingerprint density at radius 1 is 1.28 bits per heavy atom. The fraction of sp³-hybridized carbons (Fsp3) is 0.308. The van der Waals surface area contributed by atoms with Gasteiger partial charge < -0.3 is 4.98 Å². The zero-order valence-electron chi connectivity index (χ0n) is 10.0. The molecule has 0 saturated carbocycles. The van der Waals surface area contributed by atoms with Crippen LogP contribution in [0.4, 0.5) is 8.78 Å². The van der Waals surface area contributed by atoms with Gasteiger partial charge >= 0.3 is 5.69 Å². The topological polar surface area (TPSA) is 37.8 Å². The summed E-state index contributed by atoms with van der Waals surface area (Å²) >= 11 is 0. The van der Waals surface area contributed by atoms with Crippen LogP contribution >= 0.6 is 0 Å². The number of nitrogens with zero attached hydrogens (tertiary/aromatic N) is 1. The number of aromatic amines is 1. The van der Waals surface area contributed by atoms with Crippen LogP contribution in [0.15, 0.2) is 29.2 Å². The third kappa shape index (κ3) is 2.34. The molecule has 3 nitrogen and oxygen atoms in total. The second-order valence-corrected chi connectivity index (χ2v) is 4.13. The zero-order valence-corrected chi connectivity index (χ0v) is 10.0. The number of aromatic nitrogens is 2. The summed E-state index contributed by atoms with van der Waals surface area (Å²) in [4.78, 5) is 14.3. The van der Waals surface area contributed by atoms with Crippen LogP contribution in [0.25, 0.3) is 5.69 Å². The Morgan fingerprint density at radius 2 is 1.94 bits per heavy atom. The van der Waals surface area contributed by atoms with E-state index in [0.29, 0.717) is 12.1 Å². The molecule has 0 bridgehead atoms. The van der Waals surface area contributed by atoms with E-state index < -0.39 is 17.3 Å². The summed E-state index contributed by atoms with van der Waals surface area (Å²) in [6.07, 6.45) is 4.05. The molecule has 0 spiro atoms. The lowest BCUT2D eigenvalue weighted by Crippen LogP contribution is -2.16. The highest BCUT2D eigenvalue weighted by Gasteiger charge is 2.13. The molecule has 0 aliphatic rings. The first-order chi connectivity index (χ1) is 8.63. The van der Waals surface area contributed by atoms with E-state index in [-0.39, 0.29) is 5.69 Å². The van der Waals surface area contributed by atoms with E-state index in [0.717, 1.165) is 29.5 Å². The first kappa shape index (κ1) is 12.5. The lowest BCUT2D eigenvalue weighted by molar-refractivity contribution is 0.567. The van der Waals surface area contributed by atoms with Gasteiger partial charge in [0.25, 0.3) is 0 Å². The van der Waals surface area contributed by atoms with Gasteiger partial charge in [0.2, 0.25) is 0 Å². The van der Waals surface area contributed by atoms with E-state index in [9.17, 15) is 13.6 Å². The molecule has 0 aliphatic carbocycles. The number of imidazole rings is 1. The molecule has 0 amide bonds. The fourth-order valence-corrected chi connectivity index (χ4v) is 1.82. The number of nitrogens with one attached hydrogen (secondary N) is 1. The molecule has 0 radical (unpaired) electrons. The van der Waals surface area contributed by atoms with Crippen LogP contribution in [0.2, 0.25) is 0 Å². The highest BCUT2D eigenvalue weighted by molar-refractivity contribution is 5.35. The molecule has 2 aromatic rings. The normalized spacial score (nSPS) is 10.8. The molecule has 0 aliphatic heterocycles. The van der Waals surface area contributed by atoms with Crippen molar-refractivity contribution in [1.29, 1.82) is 0 Å². The second-order valence-electron chi connectivity index (χ2n) is 4.13. The van der Waals surface area contributed by atoms with E-state index in [2.05, 4.69) is 4.98 Å². The Labute approximate surface area is 103 Å². The van der Waals surface area contributed by atoms with Crippen LogP contribution in [-0.4, -0.2) is 9.55 Å². The van der Waals surface area contributed by atoms with Crippen molar-refractivity contribution in [3.05, 3.63) is 52.2 Å². The van der Waals surface area contributed by atoms with Crippen LogP contribution < -0.4 is 5.69 Å². The maximum absolute atomic E-state index is 13.6. The summed E-state index contributed by atoms with van der Waals surface area (Å²) in [6.45, 7) is 2.03. The van der Waals surface area contributed by atoms with Gasteiger partial charge in [-0.05, 0) is 25.0 Å². The minimum absolute atomic E-state index is 0.332. The zero-order chi connectivity index (χ0) is 13.1. The summed E-state index contributed by atoms with van der Waals surface area (Å²) in [5, 5.41) is 0. The van der Waals surface area contributed by atoms with Gasteiger partial charge in [-0.3, -0.25) is 4.57 Å². The molecular formula is C13H14F2N2O. The maximum Gasteiger partial charge on any atom is 0.330 e. The standard InChI is InChI=1S/C13H14F2N2O/c1-2-3-5-9-8-17(13(18)16-9)12-10(14)6-4-7-11(12)15/h4,6-8H,2-3,5H2,1H3,(H,16,18). The minimum Gasteiger partial charge on any atom is -0.310 e. The number of rotatable bonds is 4. The van der Waals surface area contributed by atoms with Crippen LogP contribution in [-0.2, 0) is 6.42 Å². The van der Waals surface area contributed by atoms with E-state index in [1.165, 1.54) is 12.3 Å². The van der Waals surface area contributed by atoms with Crippen LogP contribution in [0.5, 0.6) is 0 Å². The predicted octanol–water partition coefficient (Wildman–Crippen LogP) is 2.79. The fourth-order valence-electron chi connectivity index (χ4n) is 1.82. The summed E-state index contributed by atoms with van der Waals surface area (Å²) < 4.78 is 28.1. The third-order valence-electron chi connectivity index (χ3n) is 2.75. The van der Waals surface area contributed by atoms with Gasteiger partial charge in [0.1, 0.15) is 17.3 Å². The van der Waals surface area contributed by atoms with E-state index in [1.54, 1.807) is 0 Å². The Bertz CT molecular complexity index is 581. The number of halogens is 2. The van der Waals surface area contributed by atoms with E-state index in [1.807, 2.05) is 6.92 Å². The van der Waals surface area contributed by atoms with Gasteiger partial charge in [0.05, 0.1) is 0 Å². The molecule has 18 heavy (non-hydrogen) atoms. The van der Waals surface area contributed by atoms with Crippen molar-refractivity contribution in [2.75, 3.05) is 0 Å². The van der Waals surface area contributed by atoms with Gasteiger partial charge in [0.15, 0.2) is 0 Å². The first-order valence-electron chi connectivity index (χ1n) is 5.88. The van der Waals surface area contributed by atoms with E-state index >= 15 is 0 Å². The summed E-state index contributed by atoms with van der Waals surface area (Å²) in [5.74, 6) is -1.50. The van der Waals surface area contributed by atoms with Crippen molar-refractivity contribution in [2.45, 2.75) is 26.2 Å². The SMILES string of the molecule is CCCCc1cn(-c2c(F)cccc2F)c(=O)[nH]1. The van der Waals surface area contributed by atoms with Gasteiger partial charge in [-0.1, -0.05) is 19.4 Å². The number of benzene rings is 1. The summed E-state index contributed by atoms with van der Waals surface area (Å²) in [6, 6.07) is 3.52. The van der Waals surface area contributed by atoms with Crippen molar-refractivity contribution in [2.24, 2.45) is 0 Å². The Hall–Kier alpha value is -1.91. The number of aryl methyl sites for hydroxylation is 1. The van der Waals surface area contributed by atoms with Crippen LogP contribution in [0.1, 0.15) is 25.5 Å². The number of para-hydroxylation sites is 1. The van der Waals surface area contributed by atoms with Crippen LogP contribution in [0.3, 0.4) is 0 Å². The van der Waals surface area contributed by atoms with E-state index in [4.69, 9.17) is 0 Å². The molecule has 1 aromatic carbocycles. The number of unbranched alkanes of at least 4 members (excludes halogenated alkanes) is 1. The lowest BCUT2D eigenvalue weighted by Gasteiger charge is -2.03. The average Bonchev–Trinajstić information content (AvgIpc) is 2.68.